The minimum atomic E-state index is -0.336. The number of hydrogen-bond donors (Lipinski definition) is 1. The van der Waals surface area contributed by atoms with Gasteiger partial charge in [0.2, 0.25) is 5.88 Å². The third kappa shape index (κ3) is 2.52. The molecule has 1 aromatic carbocycles. The summed E-state index contributed by atoms with van der Waals surface area (Å²) in [7, 11) is 0. The lowest BCUT2D eigenvalue weighted by molar-refractivity contribution is 0.411. The summed E-state index contributed by atoms with van der Waals surface area (Å²) in [6.07, 6.45) is 0. The maximum Gasteiger partial charge on any atom is 0.224 e. The second kappa shape index (κ2) is 5.02. The summed E-state index contributed by atoms with van der Waals surface area (Å²) in [4.78, 5) is 0. The Labute approximate surface area is 110 Å². The molecule has 0 radical (unpaired) electrons. The number of nitrogens with two attached hydrogens (primary N) is 1. The first-order valence-corrected chi connectivity index (χ1v) is 5.87. The van der Waals surface area contributed by atoms with Crippen LogP contribution in [0.5, 0.6) is 11.6 Å². The number of nitriles is 1. The molecule has 0 saturated carbocycles. The standard InChI is InChI=1S/C14H14FN3O/c1-9(2)18-11(8-16)7-13(17)14(18)19-12-5-3-10(15)4-6-12/h3-7,9H,17H2,1-2H3. The highest BCUT2D eigenvalue weighted by atomic mass is 19.1. The summed E-state index contributed by atoms with van der Waals surface area (Å²) in [6, 6.07) is 9.31. The molecule has 0 atom stereocenters. The lowest BCUT2D eigenvalue weighted by atomic mass is 10.3. The van der Waals surface area contributed by atoms with Gasteiger partial charge in [-0.3, -0.25) is 4.57 Å². The molecule has 0 aliphatic heterocycles. The van der Waals surface area contributed by atoms with Crippen molar-refractivity contribution >= 4 is 5.69 Å². The first kappa shape index (κ1) is 13.0. The molecule has 0 fully saturated rings. The average Bonchev–Trinajstić information content (AvgIpc) is 2.69. The summed E-state index contributed by atoms with van der Waals surface area (Å²) in [5, 5.41) is 9.08. The molecule has 98 valence electrons. The summed E-state index contributed by atoms with van der Waals surface area (Å²) in [6.45, 7) is 3.86. The van der Waals surface area contributed by atoms with E-state index in [0.717, 1.165) is 0 Å². The number of anilines is 1. The Morgan fingerprint density at radius 1 is 1.32 bits per heavy atom. The molecule has 0 spiro atoms. The van der Waals surface area contributed by atoms with Gasteiger partial charge in [0.25, 0.3) is 0 Å². The maximum atomic E-state index is 12.8. The van der Waals surface area contributed by atoms with Crippen molar-refractivity contribution in [2.24, 2.45) is 0 Å². The number of nitrogen functional groups attached to an aromatic ring is 1. The SMILES string of the molecule is CC(C)n1c(C#N)cc(N)c1Oc1ccc(F)cc1. The molecule has 4 nitrogen and oxygen atoms in total. The molecule has 5 heteroatoms. The third-order valence-corrected chi connectivity index (χ3v) is 2.68. The maximum absolute atomic E-state index is 12.8. The smallest absolute Gasteiger partial charge is 0.224 e. The summed E-state index contributed by atoms with van der Waals surface area (Å²) in [5.41, 5.74) is 6.68. The normalized spacial score (nSPS) is 10.5. The Hall–Kier alpha value is -2.48. The highest BCUT2D eigenvalue weighted by molar-refractivity contribution is 5.56. The lowest BCUT2D eigenvalue weighted by Crippen LogP contribution is -2.06. The van der Waals surface area contributed by atoms with Crippen LogP contribution in [0.4, 0.5) is 10.1 Å². The molecule has 0 unspecified atom stereocenters. The van der Waals surface area contributed by atoms with Crippen LogP contribution in [0.15, 0.2) is 30.3 Å². The summed E-state index contributed by atoms with van der Waals surface area (Å²) < 4.78 is 20.2. The van der Waals surface area contributed by atoms with Gasteiger partial charge in [0.05, 0.1) is 5.69 Å². The minimum absolute atomic E-state index is 0.0300. The number of rotatable bonds is 3. The summed E-state index contributed by atoms with van der Waals surface area (Å²) in [5.74, 6) is 0.535. The van der Waals surface area contributed by atoms with Gasteiger partial charge < -0.3 is 10.5 Å². The van der Waals surface area contributed by atoms with Crippen molar-refractivity contribution < 1.29 is 9.13 Å². The van der Waals surface area contributed by atoms with Crippen molar-refractivity contribution in [3.05, 3.63) is 41.8 Å². The van der Waals surface area contributed by atoms with E-state index in [-0.39, 0.29) is 11.9 Å². The van der Waals surface area contributed by atoms with Crippen LogP contribution >= 0.6 is 0 Å². The van der Waals surface area contributed by atoms with Crippen molar-refractivity contribution in [3.8, 4) is 17.7 Å². The number of aromatic nitrogens is 1. The van der Waals surface area contributed by atoms with Crippen LogP contribution in [0.1, 0.15) is 25.6 Å². The third-order valence-electron chi connectivity index (χ3n) is 2.68. The second-order valence-electron chi connectivity index (χ2n) is 4.42. The molecular formula is C14H14FN3O. The molecule has 1 aromatic heterocycles. The molecule has 19 heavy (non-hydrogen) atoms. The molecule has 0 aliphatic rings. The Morgan fingerprint density at radius 3 is 2.47 bits per heavy atom. The highest BCUT2D eigenvalue weighted by Crippen LogP contribution is 2.33. The van der Waals surface area contributed by atoms with Crippen molar-refractivity contribution in [1.82, 2.24) is 4.57 Å². The monoisotopic (exact) mass is 259 g/mol. The fraction of sp³-hybridized carbons (Fsp3) is 0.214. The molecule has 0 bridgehead atoms. The van der Waals surface area contributed by atoms with E-state index >= 15 is 0 Å². The minimum Gasteiger partial charge on any atom is -0.439 e. The van der Waals surface area contributed by atoms with E-state index in [1.165, 1.54) is 24.3 Å². The predicted octanol–water partition coefficient (Wildman–Crippen LogP) is 3.45. The number of halogens is 1. The molecule has 2 aromatic rings. The van der Waals surface area contributed by atoms with Crippen LogP contribution in [-0.2, 0) is 0 Å². The second-order valence-corrected chi connectivity index (χ2v) is 4.42. The molecule has 0 aliphatic carbocycles. The molecule has 2 N–H and O–H groups in total. The largest absolute Gasteiger partial charge is 0.439 e. The quantitative estimate of drug-likeness (QED) is 0.918. The van der Waals surface area contributed by atoms with E-state index in [2.05, 4.69) is 6.07 Å². The Bertz CT molecular complexity index is 623. The van der Waals surface area contributed by atoms with E-state index in [1.54, 1.807) is 10.6 Å². The van der Waals surface area contributed by atoms with Crippen LogP contribution in [0.3, 0.4) is 0 Å². The van der Waals surface area contributed by atoms with Crippen LogP contribution in [0.25, 0.3) is 0 Å². The average molecular weight is 259 g/mol. The van der Waals surface area contributed by atoms with E-state index in [9.17, 15) is 4.39 Å². The number of nitrogens with zero attached hydrogens (tertiary/aromatic N) is 2. The van der Waals surface area contributed by atoms with Gasteiger partial charge in [-0.1, -0.05) is 0 Å². The van der Waals surface area contributed by atoms with Crippen LogP contribution in [-0.4, -0.2) is 4.57 Å². The van der Waals surface area contributed by atoms with Crippen LogP contribution < -0.4 is 10.5 Å². The van der Waals surface area contributed by atoms with E-state index in [0.29, 0.717) is 23.0 Å². The molecule has 0 saturated heterocycles. The van der Waals surface area contributed by atoms with Gasteiger partial charge >= 0.3 is 0 Å². The number of hydrogen-bond acceptors (Lipinski definition) is 3. The topological polar surface area (TPSA) is 64.0 Å². The molecule has 1 heterocycles. The molecule has 2 rings (SSSR count). The Kier molecular flexibility index (Phi) is 3.43. The van der Waals surface area contributed by atoms with Gasteiger partial charge in [-0.15, -0.1) is 0 Å². The Balaban J connectivity index is 2.42. The van der Waals surface area contributed by atoms with Gasteiger partial charge in [0.1, 0.15) is 23.3 Å². The predicted molar refractivity (Wildman–Crippen MR) is 70.4 cm³/mol. The zero-order chi connectivity index (χ0) is 14.0. The number of benzene rings is 1. The van der Waals surface area contributed by atoms with Crippen molar-refractivity contribution in [2.45, 2.75) is 19.9 Å². The highest BCUT2D eigenvalue weighted by Gasteiger charge is 2.17. The van der Waals surface area contributed by atoms with Crippen molar-refractivity contribution in [2.75, 3.05) is 5.73 Å². The fourth-order valence-corrected chi connectivity index (χ4v) is 1.85. The van der Waals surface area contributed by atoms with Gasteiger partial charge in [0.15, 0.2) is 0 Å². The first-order valence-electron chi connectivity index (χ1n) is 5.87. The van der Waals surface area contributed by atoms with Crippen molar-refractivity contribution in [1.29, 1.82) is 5.26 Å². The zero-order valence-corrected chi connectivity index (χ0v) is 10.7. The zero-order valence-electron chi connectivity index (χ0n) is 10.7. The first-order chi connectivity index (χ1) is 9.02. The van der Waals surface area contributed by atoms with Crippen LogP contribution in [0, 0.1) is 17.1 Å². The molecular weight excluding hydrogens is 245 g/mol. The van der Waals surface area contributed by atoms with E-state index < -0.39 is 0 Å². The van der Waals surface area contributed by atoms with E-state index in [4.69, 9.17) is 15.7 Å². The van der Waals surface area contributed by atoms with Crippen molar-refractivity contribution in [3.63, 3.8) is 0 Å². The van der Waals surface area contributed by atoms with Gasteiger partial charge in [0, 0.05) is 12.1 Å². The molecule has 0 amide bonds. The fourth-order valence-electron chi connectivity index (χ4n) is 1.85. The number of ether oxygens (including phenoxy) is 1. The Morgan fingerprint density at radius 2 is 1.95 bits per heavy atom. The van der Waals surface area contributed by atoms with E-state index in [1.807, 2.05) is 13.8 Å². The van der Waals surface area contributed by atoms with Gasteiger partial charge in [-0.2, -0.15) is 5.26 Å². The van der Waals surface area contributed by atoms with Crippen LogP contribution in [0.2, 0.25) is 0 Å². The van der Waals surface area contributed by atoms with Gasteiger partial charge in [-0.05, 0) is 38.1 Å². The van der Waals surface area contributed by atoms with Gasteiger partial charge in [-0.25, -0.2) is 4.39 Å². The summed E-state index contributed by atoms with van der Waals surface area (Å²) >= 11 is 0. The lowest BCUT2D eigenvalue weighted by Gasteiger charge is -2.15.